The van der Waals surface area contributed by atoms with Gasteiger partial charge in [-0.1, -0.05) is 22.8 Å². The first kappa shape index (κ1) is 17.4. The van der Waals surface area contributed by atoms with Gasteiger partial charge in [0, 0.05) is 21.7 Å². The van der Waals surface area contributed by atoms with E-state index in [1.54, 1.807) is 26.5 Å². The summed E-state index contributed by atoms with van der Waals surface area (Å²) in [6, 6.07) is 9.14. The molecule has 2 aromatic carbocycles. The Morgan fingerprint density at radius 3 is 2.92 bits per heavy atom. The number of fused-ring (bicyclic) bond motifs is 1. The van der Waals surface area contributed by atoms with Crippen LogP contribution in [0.2, 0.25) is 5.02 Å². The van der Waals surface area contributed by atoms with E-state index in [1.807, 2.05) is 24.3 Å². The van der Waals surface area contributed by atoms with Crippen LogP contribution < -0.4 is 14.2 Å². The van der Waals surface area contributed by atoms with Crippen LogP contribution in [-0.4, -0.2) is 27.2 Å². The lowest BCUT2D eigenvalue weighted by atomic mass is 10.1. The van der Waals surface area contributed by atoms with Gasteiger partial charge in [-0.25, -0.2) is 0 Å². The molecule has 3 rings (SSSR count). The number of para-hydroxylation sites is 1. The summed E-state index contributed by atoms with van der Waals surface area (Å²) in [5.41, 5.74) is 2.47. The lowest BCUT2D eigenvalue weighted by Gasteiger charge is -2.20. The highest BCUT2D eigenvalue weighted by Gasteiger charge is 2.16. The molecule has 1 aliphatic heterocycles. The second kappa shape index (κ2) is 8.09. The van der Waals surface area contributed by atoms with Crippen molar-refractivity contribution in [3.05, 3.63) is 52.0 Å². The molecule has 7 heteroatoms. The van der Waals surface area contributed by atoms with Gasteiger partial charge < -0.3 is 23.8 Å². The zero-order valence-corrected chi connectivity index (χ0v) is 14.7. The van der Waals surface area contributed by atoms with Crippen LogP contribution in [0.15, 0.2) is 35.5 Å². The lowest BCUT2D eigenvalue weighted by Crippen LogP contribution is -2.13. The van der Waals surface area contributed by atoms with Gasteiger partial charge in [0.25, 0.3) is 0 Å². The number of nitrogens with zero attached hydrogens (tertiary/aromatic N) is 1. The fourth-order valence-corrected chi connectivity index (χ4v) is 2.84. The molecule has 0 atom stereocenters. The normalized spacial score (nSPS) is 13.2. The van der Waals surface area contributed by atoms with Crippen LogP contribution >= 0.6 is 11.6 Å². The van der Waals surface area contributed by atoms with Gasteiger partial charge in [-0.05, 0) is 24.3 Å². The Balaban J connectivity index is 1.72. The minimum Gasteiger partial charge on any atom is -0.493 e. The Morgan fingerprint density at radius 2 is 2.12 bits per heavy atom. The average Bonchev–Trinajstić information content (AvgIpc) is 2.64. The van der Waals surface area contributed by atoms with Crippen molar-refractivity contribution in [3.63, 3.8) is 0 Å². The van der Waals surface area contributed by atoms with Gasteiger partial charge in [-0.15, -0.1) is 0 Å². The third-order valence-electron chi connectivity index (χ3n) is 3.67. The summed E-state index contributed by atoms with van der Waals surface area (Å²) in [6.07, 6.45) is 1.57. The number of methoxy groups -OCH3 is 2. The van der Waals surface area contributed by atoms with E-state index in [-0.39, 0.29) is 13.4 Å². The Hall–Kier alpha value is -2.44. The molecule has 2 aromatic rings. The molecule has 0 spiro atoms. The molecule has 0 unspecified atom stereocenters. The summed E-state index contributed by atoms with van der Waals surface area (Å²) in [6.45, 7) is 0.907. The summed E-state index contributed by atoms with van der Waals surface area (Å²) in [5, 5.41) is 4.61. The summed E-state index contributed by atoms with van der Waals surface area (Å²) in [5.74, 6) is 1.96. The standard InChI is InChI=1S/C18H18ClNO5/c1-21-16-5-3-4-12(18(16)22-2)8-20-25-10-14-7-15(19)6-13-9-23-11-24-17(13)14/h3-8H,9-11H2,1-2H3/b20-8-. The number of rotatable bonds is 6. The van der Waals surface area contributed by atoms with Crippen molar-refractivity contribution >= 4 is 17.8 Å². The van der Waals surface area contributed by atoms with Gasteiger partial charge in [0.1, 0.15) is 12.4 Å². The molecule has 0 saturated heterocycles. The third-order valence-corrected chi connectivity index (χ3v) is 3.89. The summed E-state index contributed by atoms with van der Waals surface area (Å²) in [7, 11) is 3.16. The molecular weight excluding hydrogens is 346 g/mol. The summed E-state index contributed by atoms with van der Waals surface area (Å²) >= 11 is 6.13. The van der Waals surface area contributed by atoms with E-state index in [1.165, 1.54) is 0 Å². The molecule has 0 N–H and O–H groups in total. The van der Waals surface area contributed by atoms with Gasteiger partial charge in [-0.2, -0.15) is 0 Å². The highest BCUT2D eigenvalue weighted by molar-refractivity contribution is 6.30. The van der Waals surface area contributed by atoms with E-state index in [0.29, 0.717) is 23.1 Å². The first-order chi connectivity index (χ1) is 12.2. The first-order valence-corrected chi connectivity index (χ1v) is 7.99. The highest BCUT2D eigenvalue weighted by Crippen LogP contribution is 2.32. The molecule has 6 nitrogen and oxygen atoms in total. The number of benzene rings is 2. The molecule has 0 radical (unpaired) electrons. The molecule has 1 aliphatic rings. The molecule has 0 amide bonds. The Kier molecular flexibility index (Phi) is 5.63. The van der Waals surface area contributed by atoms with Crippen molar-refractivity contribution < 1.29 is 23.8 Å². The SMILES string of the molecule is COc1cccc(/C=N\OCc2cc(Cl)cc3c2OCOC3)c1OC. The van der Waals surface area contributed by atoms with Crippen molar-refractivity contribution in [3.8, 4) is 17.2 Å². The van der Waals surface area contributed by atoms with Gasteiger partial charge >= 0.3 is 0 Å². The van der Waals surface area contributed by atoms with Crippen LogP contribution in [0.1, 0.15) is 16.7 Å². The number of hydrogen-bond donors (Lipinski definition) is 0. The van der Waals surface area contributed by atoms with Crippen molar-refractivity contribution in [2.24, 2.45) is 5.16 Å². The Bertz CT molecular complexity index is 778. The van der Waals surface area contributed by atoms with Gasteiger partial charge in [-0.3, -0.25) is 0 Å². The van der Waals surface area contributed by atoms with E-state index in [2.05, 4.69) is 5.16 Å². The lowest BCUT2D eigenvalue weighted by molar-refractivity contribution is -0.0183. The third kappa shape index (κ3) is 3.97. The van der Waals surface area contributed by atoms with Crippen LogP contribution in [-0.2, 0) is 22.8 Å². The molecule has 25 heavy (non-hydrogen) atoms. The second-order valence-corrected chi connectivity index (χ2v) is 5.69. The van der Waals surface area contributed by atoms with E-state index >= 15 is 0 Å². The predicted octanol–water partition coefficient (Wildman–Crippen LogP) is 3.77. The van der Waals surface area contributed by atoms with Crippen LogP contribution in [0.4, 0.5) is 0 Å². The highest BCUT2D eigenvalue weighted by atomic mass is 35.5. The van der Waals surface area contributed by atoms with Crippen molar-refractivity contribution in [1.82, 2.24) is 0 Å². The number of halogens is 1. The van der Waals surface area contributed by atoms with Crippen molar-refractivity contribution in [2.75, 3.05) is 21.0 Å². The molecule has 0 fully saturated rings. The molecule has 0 saturated carbocycles. The van der Waals surface area contributed by atoms with Gasteiger partial charge in [0.15, 0.2) is 18.3 Å². The van der Waals surface area contributed by atoms with Gasteiger partial charge in [0.05, 0.1) is 27.0 Å². The van der Waals surface area contributed by atoms with E-state index in [0.717, 1.165) is 22.4 Å². The van der Waals surface area contributed by atoms with Gasteiger partial charge in [0.2, 0.25) is 0 Å². The fraction of sp³-hybridized carbons (Fsp3) is 0.278. The van der Waals surface area contributed by atoms with Crippen molar-refractivity contribution in [1.29, 1.82) is 0 Å². The van der Waals surface area contributed by atoms with E-state index in [9.17, 15) is 0 Å². The van der Waals surface area contributed by atoms with Crippen LogP contribution in [0.3, 0.4) is 0 Å². The fourth-order valence-electron chi connectivity index (χ4n) is 2.58. The first-order valence-electron chi connectivity index (χ1n) is 7.61. The molecule has 132 valence electrons. The number of hydrogen-bond acceptors (Lipinski definition) is 6. The zero-order chi connectivity index (χ0) is 17.6. The Labute approximate surface area is 150 Å². The quantitative estimate of drug-likeness (QED) is 0.577. The number of oxime groups is 1. The zero-order valence-electron chi connectivity index (χ0n) is 14.0. The van der Waals surface area contributed by atoms with Crippen LogP contribution in [0, 0.1) is 0 Å². The number of ether oxygens (including phenoxy) is 4. The molecule has 0 aromatic heterocycles. The molecular formula is C18H18ClNO5. The topological polar surface area (TPSA) is 58.5 Å². The minimum atomic E-state index is 0.214. The average molecular weight is 364 g/mol. The van der Waals surface area contributed by atoms with Crippen LogP contribution in [0.25, 0.3) is 0 Å². The molecule has 1 heterocycles. The van der Waals surface area contributed by atoms with E-state index < -0.39 is 0 Å². The molecule has 0 aliphatic carbocycles. The van der Waals surface area contributed by atoms with Crippen LogP contribution in [0.5, 0.6) is 17.2 Å². The maximum Gasteiger partial charge on any atom is 0.189 e. The maximum atomic E-state index is 6.13. The largest absolute Gasteiger partial charge is 0.493 e. The Morgan fingerprint density at radius 1 is 1.24 bits per heavy atom. The molecule has 0 bridgehead atoms. The second-order valence-electron chi connectivity index (χ2n) is 5.25. The van der Waals surface area contributed by atoms with E-state index in [4.69, 9.17) is 35.4 Å². The predicted molar refractivity (Wildman–Crippen MR) is 93.7 cm³/mol. The minimum absolute atomic E-state index is 0.214. The summed E-state index contributed by atoms with van der Waals surface area (Å²) in [4.78, 5) is 5.41. The maximum absolute atomic E-state index is 6.13. The summed E-state index contributed by atoms with van der Waals surface area (Å²) < 4.78 is 21.4. The smallest absolute Gasteiger partial charge is 0.189 e. The monoisotopic (exact) mass is 363 g/mol. The van der Waals surface area contributed by atoms with Crippen molar-refractivity contribution in [2.45, 2.75) is 13.2 Å².